The average Bonchev–Trinajstić information content (AvgIpc) is 2.68. The molecule has 2 N–H and O–H groups in total. The van der Waals surface area contributed by atoms with Crippen LogP contribution in [0.5, 0.6) is 0 Å². The second-order valence-corrected chi connectivity index (χ2v) is 5.67. The van der Waals surface area contributed by atoms with Crippen molar-refractivity contribution in [3.8, 4) is 11.8 Å². The van der Waals surface area contributed by atoms with Crippen LogP contribution in [-0.4, -0.2) is 23.3 Å². The fraction of sp³-hybridized carbons (Fsp3) is 0.438. The Hall–Kier alpha value is -2.19. The van der Waals surface area contributed by atoms with Gasteiger partial charge in [-0.15, -0.1) is 0 Å². The number of anilines is 1. The van der Waals surface area contributed by atoms with Crippen molar-refractivity contribution in [3.05, 3.63) is 23.9 Å². The first-order chi connectivity index (χ1) is 9.90. The van der Waals surface area contributed by atoms with Gasteiger partial charge in [-0.3, -0.25) is 9.59 Å². The van der Waals surface area contributed by atoms with E-state index in [0.29, 0.717) is 11.5 Å². The predicted molar refractivity (Wildman–Crippen MR) is 80.2 cm³/mol. The van der Waals surface area contributed by atoms with E-state index in [0.717, 1.165) is 0 Å². The minimum atomic E-state index is -0.669. The third-order valence-corrected chi connectivity index (χ3v) is 4.02. The third-order valence-electron chi connectivity index (χ3n) is 4.02. The monoisotopic (exact) mass is 285 g/mol. The van der Waals surface area contributed by atoms with Crippen molar-refractivity contribution < 1.29 is 9.59 Å². The number of aromatic nitrogens is 1. The van der Waals surface area contributed by atoms with E-state index in [1.54, 1.807) is 18.2 Å². The number of amides is 2. The molecule has 0 radical (unpaired) electrons. The minimum Gasteiger partial charge on any atom is -0.320 e. The molecule has 0 bridgehead atoms. The van der Waals surface area contributed by atoms with Crippen LogP contribution in [0.1, 0.15) is 32.9 Å². The molecule has 110 valence electrons. The van der Waals surface area contributed by atoms with Gasteiger partial charge in [0.15, 0.2) is 0 Å². The lowest BCUT2D eigenvalue weighted by atomic mass is 9.78. The summed E-state index contributed by atoms with van der Waals surface area (Å²) in [4.78, 5) is 30.3. The molecule has 5 heteroatoms. The number of pyridine rings is 1. The van der Waals surface area contributed by atoms with Crippen LogP contribution in [0.2, 0.25) is 0 Å². The highest BCUT2D eigenvalue weighted by molar-refractivity contribution is 6.22. The van der Waals surface area contributed by atoms with Crippen molar-refractivity contribution in [1.29, 1.82) is 0 Å². The molecule has 1 saturated heterocycles. The van der Waals surface area contributed by atoms with Gasteiger partial charge in [0.2, 0.25) is 11.8 Å². The quantitative estimate of drug-likeness (QED) is 0.656. The Morgan fingerprint density at radius 3 is 2.71 bits per heavy atom. The summed E-state index contributed by atoms with van der Waals surface area (Å²) in [6, 6.07) is 5.10. The zero-order valence-electron chi connectivity index (χ0n) is 12.5. The van der Waals surface area contributed by atoms with Crippen molar-refractivity contribution in [2.75, 3.05) is 11.4 Å². The number of nitrogens with two attached hydrogens (primary N) is 1. The van der Waals surface area contributed by atoms with Gasteiger partial charge in [0.25, 0.3) is 0 Å². The summed E-state index contributed by atoms with van der Waals surface area (Å²) >= 11 is 0. The highest BCUT2D eigenvalue weighted by atomic mass is 16.2. The van der Waals surface area contributed by atoms with E-state index in [-0.39, 0.29) is 30.7 Å². The highest BCUT2D eigenvalue weighted by Crippen LogP contribution is 2.40. The van der Waals surface area contributed by atoms with Crippen molar-refractivity contribution >= 4 is 17.6 Å². The Bertz CT molecular complexity index is 642. The number of hydrogen-bond donors (Lipinski definition) is 1. The molecule has 21 heavy (non-hydrogen) atoms. The fourth-order valence-electron chi connectivity index (χ4n) is 2.28. The van der Waals surface area contributed by atoms with Gasteiger partial charge in [-0.25, -0.2) is 9.88 Å². The van der Waals surface area contributed by atoms with Gasteiger partial charge >= 0.3 is 0 Å². The first kappa shape index (κ1) is 15.2. The Morgan fingerprint density at radius 1 is 1.43 bits per heavy atom. The highest BCUT2D eigenvalue weighted by Gasteiger charge is 2.50. The van der Waals surface area contributed by atoms with E-state index in [4.69, 9.17) is 5.73 Å². The Kier molecular flexibility index (Phi) is 4.10. The van der Waals surface area contributed by atoms with E-state index < -0.39 is 5.41 Å². The first-order valence-corrected chi connectivity index (χ1v) is 6.93. The summed E-state index contributed by atoms with van der Waals surface area (Å²) in [6.07, 6.45) is 0.212. The van der Waals surface area contributed by atoms with Crippen LogP contribution in [0.25, 0.3) is 0 Å². The topological polar surface area (TPSA) is 76.3 Å². The van der Waals surface area contributed by atoms with Gasteiger partial charge in [-0.2, -0.15) is 0 Å². The summed E-state index contributed by atoms with van der Waals surface area (Å²) in [6.45, 7) is 5.96. The van der Waals surface area contributed by atoms with Gasteiger partial charge in [0.1, 0.15) is 11.5 Å². The van der Waals surface area contributed by atoms with Crippen molar-refractivity contribution in [1.82, 2.24) is 4.98 Å². The number of imide groups is 1. The second kappa shape index (κ2) is 5.66. The van der Waals surface area contributed by atoms with E-state index >= 15 is 0 Å². The molecule has 1 aromatic heterocycles. The molecular formula is C16H19N3O2. The second-order valence-electron chi connectivity index (χ2n) is 5.67. The molecule has 0 aliphatic carbocycles. The molecule has 0 aromatic carbocycles. The summed E-state index contributed by atoms with van der Waals surface area (Å²) in [5.41, 5.74) is 5.16. The van der Waals surface area contributed by atoms with Crippen molar-refractivity contribution in [3.63, 3.8) is 0 Å². The Labute approximate surface area is 124 Å². The van der Waals surface area contributed by atoms with Crippen molar-refractivity contribution in [2.24, 2.45) is 17.1 Å². The third kappa shape index (κ3) is 2.67. The molecule has 2 rings (SSSR count). The van der Waals surface area contributed by atoms with Gasteiger partial charge in [-0.1, -0.05) is 25.8 Å². The number of rotatable bonds is 2. The van der Waals surface area contributed by atoms with Gasteiger partial charge in [-0.05, 0) is 30.9 Å². The average molecular weight is 285 g/mol. The van der Waals surface area contributed by atoms with Crippen LogP contribution in [0.4, 0.5) is 5.82 Å². The normalized spacial score (nSPS) is 21.7. The molecule has 1 unspecified atom stereocenters. The van der Waals surface area contributed by atoms with Crippen LogP contribution in [0.3, 0.4) is 0 Å². The number of carbonyl (C=O) groups excluding carboxylic acids is 2. The predicted octanol–water partition coefficient (Wildman–Crippen LogP) is 1.32. The molecule has 1 aliphatic rings. The number of hydrogen-bond acceptors (Lipinski definition) is 4. The SMILES string of the molecule is CC(C)C1(C)CC(=O)N(c2cccc(C#CCN)n2)C1=O. The van der Waals surface area contributed by atoms with E-state index in [2.05, 4.69) is 16.8 Å². The molecule has 1 aliphatic heterocycles. The lowest BCUT2D eigenvalue weighted by molar-refractivity contribution is -0.126. The Balaban J connectivity index is 2.39. The zero-order chi connectivity index (χ0) is 15.6. The first-order valence-electron chi connectivity index (χ1n) is 6.93. The molecule has 1 fully saturated rings. The van der Waals surface area contributed by atoms with Crippen LogP contribution < -0.4 is 10.6 Å². The van der Waals surface area contributed by atoms with Crippen LogP contribution >= 0.6 is 0 Å². The molecule has 5 nitrogen and oxygen atoms in total. The smallest absolute Gasteiger partial charge is 0.241 e. The lowest BCUT2D eigenvalue weighted by Gasteiger charge is -2.25. The number of nitrogens with zero attached hydrogens (tertiary/aromatic N) is 2. The maximum atomic E-state index is 12.6. The summed E-state index contributed by atoms with van der Waals surface area (Å²) in [7, 11) is 0. The molecule has 1 aromatic rings. The minimum absolute atomic E-state index is 0.0826. The maximum Gasteiger partial charge on any atom is 0.241 e. The molecular weight excluding hydrogens is 266 g/mol. The molecule has 2 heterocycles. The summed E-state index contributed by atoms with van der Waals surface area (Å²) in [5, 5.41) is 0. The van der Waals surface area contributed by atoms with Gasteiger partial charge < -0.3 is 5.73 Å². The van der Waals surface area contributed by atoms with Gasteiger partial charge in [0.05, 0.1) is 12.0 Å². The molecule has 0 spiro atoms. The molecule has 0 saturated carbocycles. The summed E-state index contributed by atoms with van der Waals surface area (Å²) < 4.78 is 0. The van der Waals surface area contributed by atoms with Gasteiger partial charge in [0, 0.05) is 6.42 Å². The van der Waals surface area contributed by atoms with Crippen molar-refractivity contribution in [2.45, 2.75) is 27.2 Å². The molecule has 2 amide bonds. The summed E-state index contributed by atoms with van der Waals surface area (Å²) in [5.74, 6) is 5.52. The Morgan fingerprint density at radius 2 is 2.14 bits per heavy atom. The van der Waals surface area contributed by atoms with E-state index in [1.807, 2.05) is 20.8 Å². The zero-order valence-corrected chi connectivity index (χ0v) is 12.5. The largest absolute Gasteiger partial charge is 0.320 e. The van der Waals surface area contributed by atoms with Crippen LogP contribution in [0, 0.1) is 23.2 Å². The maximum absolute atomic E-state index is 12.6. The fourth-order valence-corrected chi connectivity index (χ4v) is 2.28. The lowest BCUT2D eigenvalue weighted by Crippen LogP contribution is -2.37. The van der Waals surface area contributed by atoms with E-state index in [9.17, 15) is 9.59 Å². The number of carbonyl (C=O) groups is 2. The van der Waals surface area contributed by atoms with Crippen LogP contribution in [0.15, 0.2) is 18.2 Å². The van der Waals surface area contributed by atoms with Crippen LogP contribution in [-0.2, 0) is 9.59 Å². The van der Waals surface area contributed by atoms with E-state index in [1.165, 1.54) is 4.90 Å². The standard InChI is InChI=1S/C16H19N3O2/c1-11(2)16(3)10-14(20)19(15(16)21)13-8-4-6-12(18-13)7-5-9-17/h4,6,8,11H,9-10,17H2,1-3H3. The molecule has 1 atom stereocenters.